The van der Waals surface area contributed by atoms with Crippen molar-refractivity contribution in [3.05, 3.63) is 46.5 Å². The molecule has 0 bridgehead atoms. The van der Waals surface area contributed by atoms with Gasteiger partial charge < -0.3 is 10.2 Å². The minimum atomic E-state index is -1.29. The topological polar surface area (TPSA) is 40.5 Å². The Balaban J connectivity index is 2.52. The number of hydrogen-bond acceptors (Lipinski definition) is 2. The average Bonchev–Trinajstić information content (AvgIpc) is 2.41. The van der Waals surface area contributed by atoms with E-state index in [1.54, 1.807) is 50.3 Å². The van der Waals surface area contributed by atoms with E-state index in [1.165, 1.54) is 0 Å². The third kappa shape index (κ3) is 2.41. The maximum absolute atomic E-state index is 10.4. The molecule has 0 spiro atoms. The Labute approximate surface area is 144 Å². The van der Waals surface area contributed by atoms with Crippen LogP contribution in [0.2, 0.25) is 0 Å². The summed E-state index contributed by atoms with van der Waals surface area (Å²) in [4.78, 5) is -2.58. The van der Waals surface area contributed by atoms with Crippen LogP contribution in [0.5, 0.6) is 0 Å². The molecule has 2 rings (SSSR count). The Morgan fingerprint density at radius 3 is 1.57 bits per heavy atom. The smallest absolute Gasteiger partial charge is 0.113 e. The van der Waals surface area contributed by atoms with E-state index in [0.717, 1.165) is 0 Å². The zero-order chi connectivity index (χ0) is 16.1. The number of halogens is 4. The molecule has 0 aromatic rings. The van der Waals surface area contributed by atoms with Crippen molar-refractivity contribution in [2.24, 2.45) is 5.41 Å². The molecular weight excluding hydrogens is 354 g/mol. The van der Waals surface area contributed by atoms with Gasteiger partial charge in [0.25, 0.3) is 0 Å². The molecular formula is C15H16Cl4O2. The van der Waals surface area contributed by atoms with Gasteiger partial charge >= 0.3 is 0 Å². The van der Waals surface area contributed by atoms with E-state index in [-0.39, 0.29) is 10.1 Å². The van der Waals surface area contributed by atoms with Crippen molar-refractivity contribution in [3.63, 3.8) is 0 Å². The SMILES string of the molecule is CC(C)(C1(Cl)C=CC=C(Cl)C1O)C1(Cl)C=CC=C(Cl)C1O. The van der Waals surface area contributed by atoms with Crippen LogP contribution in [-0.2, 0) is 0 Å². The molecule has 6 heteroatoms. The maximum Gasteiger partial charge on any atom is 0.113 e. The summed E-state index contributed by atoms with van der Waals surface area (Å²) in [6.45, 7) is 3.53. The fraction of sp³-hybridized carbons (Fsp3) is 0.467. The zero-order valence-electron chi connectivity index (χ0n) is 11.5. The number of hydrogen-bond donors (Lipinski definition) is 2. The molecule has 0 amide bonds. The minimum Gasteiger partial charge on any atom is -0.385 e. The second-order valence-corrected chi connectivity index (χ2v) is 7.91. The fourth-order valence-corrected chi connectivity index (χ4v) is 4.06. The number of aliphatic hydroxyl groups is 2. The van der Waals surface area contributed by atoms with Gasteiger partial charge in [-0.3, -0.25) is 0 Å². The highest BCUT2D eigenvalue weighted by Crippen LogP contribution is 2.57. The van der Waals surface area contributed by atoms with Crippen LogP contribution in [0.25, 0.3) is 0 Å². The quantitative estimate of drug-likeness (QED) is 0.720. The molecule has 2 aliphatic rings. The van der Waals surface area contributed by atoms with Crippen molar-refractivity contribution < 1.29 is 10.2 Å². The molecule has 4 atom stereocenters. The first-order valence-corrected chi connectivity index (χ1v) is 7.93. The van der Waals surface area contributed by atoms with E-state index in [9.17, 15) is 10.2 Å². The van der Waals surface area contributed by atoms with Crippen molar-refractivity contribution in [3.8, 4) is 0 Å². The highest BCUT2D eigenvalue weighted by atomic mass is 35.5. The first-order chi connectivity index (χ1) is 9.58. The molecule has 116 valence electrons. The Morgan fingerprint density at radius 2 is 1.24 bits per heavy atom. The largest absolute Gasteiger partial charge is 0.385 e. The van der Waals surface area contributed by atoms with Crippen LogP contribution in [0.3, 0.4) is 0 Å². The first-order valence-electron chi connectivity index (χ1n) is 6.42. The first kappa shape index (κ1) is 17.4. The summed E-state index contributed by atoms with van der Waals surface area (Å²) in [6, 6.07) is 0. The molecule has 0 aromatic carbocycles. The lowest BCUT2D eigenvalue weighted by molar-refractivity contribution is 0.0487. The lowest BCUT2D eigenvalue weighted by atomic mass is 9.62. The molecule has 0 aliphatic heterocycles. The molecule has 2 aliphatic carbocycles. The van der Waals surface area contributed by atoms with Gasteiger partial charge in [-0.25, -0.2) is 0 Å². The summed E-state index contributed by atoms with van der Waals surface area (Å²) >= 11 is 25.4. The second-order valence-electron chi connectivity index (χ2n) is 5.79. The summed E-state index contributed by atoms with van der Waals surface area (Å²) in [5, 5.41) is 21.3. The van der Waals surface area contributed by atoms with Gasteiger partial charge in [-0.05, 0) is 12.2 Å². The number of aliphatic hydroxyl groups excluding tert-OH is 2. The van der Waals surface area contributed by atoms with Crippen LogP contribution in [0.15, 0.2) is 46.5 Å². The van der Waals surface area contributed by atoms with Crippen molar-refractivity contribution >= 4 is 46.4 Å². The Kier molecular flexibility index (Phi) is 4.63. The molecule has 21 heavy (non-hydrogen) atoms. The standard InChI is InChI=1S/C15H16Cl4O2/c1-13(2,14(18)7-3-5-9(16)11(14)20)15(19)8-4-6-10(17)12(15)21/h3-8,11-12,20-21H,1-2H3. The highest BCUT2D eigenvalue weighted by Gasteiger charge is 2.61. The monoisotopic (exact) mass is 368 g/mol. The van der Waals surface area contributed by atoms with Gasteiger partial charge in [0.15, 0.2) is 0 Å². The van der Waals surface area contributed by atoms with Crippen LogP contribution >= 0.6 is 46.4 Å². The Bertz CT molecular complexity index is 516. The fourth-order valence-electron chi connectivity index (χ4n) is 2.72. The molecule has 0 aromatic heterocycles. The molecule has 4 unspecified atom stereocenters. The molecule has 2 N–H and O–H groups in total. The van der Waals surface area contributed by atoms with Gasteiger partial charge in [0.2, 0.25) is 0 Å². The number of alkyl halides is 2. The van der Waals surface area contributed by atoms with Gasteiger partial charge in [-0.1, -0.05) is 61.4 Å². The van der Waals surface area contributed by atoms with Crippen molar-refractivity contribution in [2.45, 2.75) is 35.8 Å². The van der Waals surface area contributed by atoms with Crippen LogP contribution in [0.4, 0.5) is 0 Å². The lowest BCUT2D eigenvalue weighted by Crippen LogP contribution is -2.62. The molecule has 0 saturated heterocycles. The van der Waals surface area contributed by atoms with Gasteiger partial charge in [-0.2, -0.15) is 0 Å². The van der Waals surface area contributed by atoms with Crippen LogP contribution in [-0.4, -0.2) is 32.2 Å². The minimum absolute atomic E-state index is 0.219. The van der Waals surface area contributed by atoms with E-state index in [2.05, 4.69) is 0 Å². The van der Waals surface area contributed by atoms with E-state index < -0.39 is 27.4 Å². The van der Waals surface area contributed by atoms with Crippen molar-refractivity contribution in [2.75, 3.05) is 0 Å². The van der Waals surface area contributed by atoms with Crippen LogP contribution in [0, 0.1) is 5.41 Å². The third-order valence-electron chi connectivity index (χ3n) is 4.42. The summed E-state index contributed by atoms with van der Waals surface area (Å²) in [5.74, 6) is 0. The van der Waals surface area contributed by atoms with Crippen LogP contribution < -0.4 is 0 Å². The molecule has 0 fully saturated rings. The Morgan fingerprint density at radius 1 is 0.905 bits per heavy atom. The third-order valence-corrected chi connectivity index (χ3v) is 6.70. The molecule has 0 heterocycles. The van der Waals surface area contributed by atoms with Gasteiger partial charge in [0.1, 0.15) is 22.0 Å². The summed E-state index contributed by atoms with van der Waals surface area (Å²) in [7, 11) is 0. The highest BCUT2D eigenvalue weighted by molar-refractivity contribution is 6.36. The normalized spacial score (nSPS) is 40.0. The Hall–Kier alpha value is 0.0400. The van der Waals surface area contributed by atoms with E-state index in [4.69, 9.17) is 46.4 Å². The molecule has 0 radical (unpaired) electrons. The van der Waals surface area contributed by atoms with Gasteiger partial charge in [0.05, 0.1) is 0 Å². The lowest BCUT2D eigenvalue weighted by Gasteiger charge is -2.53. The van der Waals surface area contributed by atoms with E-state index in [0.29, 0.717) is 0 Å². The summed E-state index contributed by atoms with van der Waals surface area (Å²) in [6.07, 6.45) is 7.49. The summed E-state index contributed by atoms with van der Waals surface area (Å²) < 4.78 is 0. The summed E-state index contributed by atoms with van der Waals surface area (Å²) in [5.41, 5.74) is -0.974. The van der Waals surface area contributed by atoms with Crippen molar-refractivity contribution in [1.29, 1.82) is 0 Å². The zero-order valence-corrected chi connectivity index (χ0v) is 14.5. The second kappa shape index (κ2) is 5.59. The van der Waals surface area contributed by atoms with E-state index in [1.807, 2.05) is 0 Å². The predicted molar refractivity (Wildman–Crippen MR) is 89.1 cm³/mol. The van der Waals surface area contributed by atoms with Crippen LogP contribution in [0.1, 0.15) is 13.8 Å². The predicted octanol–water partition coefficient (Wildman–Crippen LogP) is 4.07. The average molecular weight is 370 g/mol. The number of allylic oxidation sites excluding steroid dienone is 4. The van der Waals surface area contributed by atoms with Gasteiger partial charge in [-0.15, -0.1) is 23.2 Å². The van der Waals surface area contributed by atoms with E-state index >= 15 is 0 Å². The molecule has 2 nitrogen and oxygen atoms in total. The molecule has 0 saturated carbocycles. The van der Waals surface area contributed by atoms with Crippen molar-refractivity contribution in [1.82, 2.24) is 0 Å². The maximum atomic E-state index is 10.4. The van der Waals surface area contributed by atoms with Gasteiger partial charge in [0, 0.05) is 15.5 Å². The number of rotatable bonds is 2.